The van der Waals surface area contributed by atoms with Crippen LogP contribution in [0.2, 0.25) is 5.02 Å². The number of carboxylic acids is 1. The largest absolute Gasteiger partial charge is 0.477 e. The molecule has 1 saturated carbocycles. The molecule has 0 aliphatic heterocycles. The van der Waals surface area contributed by atoms with Crippen LogP contribution in [0.4, 0.5) is 4.39 Å². The van der Waals surface area contributed by atoms with E-state index in [0.717, 1.165) is 18.9 Å². The Morgan fingerprint density at radius 1 is 1.52 bits per heavy atom. The fourth-order valence-electron chi connectivity index (χ4n) is 2.49. The van der Waals surface area contributed by atoms with E-state index in [2.05, 4.69) is 11.8 Å². The van der Waals surface area contributed by atoms with Gasteiger partial charge >= 0.3 is 5.97 Å². The van der Waals surface area contributed by atoms with E-state index in [4.69, 9.17) is 17.3 Å². The molecule has 0 saturated heterocycles. The topological polar surface area (TPSA) is 85.3 Å². The molecule has 1 aromatic heterocycles. The molecular formula is C16H12ClFN2O3. The van der Waals surface area contributed by atoms with Gasteiger partial charge in [0.05, 0.1) is 28.0 Å². The van der Waals surface area contributed by atoms with Gasteiger partial charge in [-0.05, 0) is 18.9 Å². The van der Waals surface area contributed by atoms with Gasteiger partial charge in [0.15, 0.2) is 0 Å². The highest BCUT2D eigenvalue weighted by Gasteiger charge is 2.29. The Kier molecular flexibility index (Phi) is 3.84. The number of nitrogens with two attached hydrogens (primary N) is 1. The van der Waals surface area contributed by atoms with Crippen molar-refractivity contribution in [3.63, 3.8) is 0 Å². The summed E-state index contributed by atoms with van der Waals surface area (Å²) in [6, 6.07) is 1.05. The first-order valence-corrected chi connectivity index (χ1v) is 7.32. The maximum absolute atomic E-state index is 14.2. The van der Waals surface area contributed by atoms with Gasteiger partial charge in [0, 0.05) is 12.2 Å². The number of benzene rings is 1. The van der Waals surface area contributed by atoms with Crippen molar-refractivity contribution < 1.29 is 14.3 Å². The molecule has 5 nitrogen and oxygen atoms in total. The summed E-state index contributed by atoms with van der Waals surface area (Å²) in [5.74, 6) is 2.97. The van der Waals surface area contributed by atoms with E-state index in [1.165, 1.54) is 6.20 Å². The van der Waals surface area contributed by atoms with Gasteiger partial charge in [0.1, 0.15) is 11.4 Å². The van der Waals surface area contributed by atoms with Crippen molar-refractivity contribution in [3.05, 3.63) is 44.5 Å². The normalized spacial score (nSPS) is 13.7. The molecule has 0 radical (unpaired) electrons. The van der Waals surface area contributed by atoms with Gasteiger partial charge in [0.2, 0.25) is 5.43 Å². The van der Waals surface area contributed by atoms with Crippen LogP contribution < -0.4 is 11.2 Å². The molecule has 0 atom stereocenters. The SMILES string of the molecule is NCC#Cc1c(F)cc2c(=O)c(C(=O)O)cn(C3CC3)c2c1Cl. The van der Waals surface area contributed by atoms with E-state index in [0.29, 0.717) is 5.52 Å². The Morgan fingerprint density at radius 2 is 2.22 bits per heavy atom. The lowest BCUT2D eigenvalue weighted by molar-refractivity contribution is 0.0695. The average molecular weight is 335 g/mol. The quantitative estimate of drug-likeness (QED) is 0.824. The number of halogens is 2. The van der Waals surface area contributed by atoms with Crippen LogP contribution in [0.5, 0.6) is 0 Å². The third-order valence-corrected chi connectivity index (χ3v) is 4.06. The smallest absolute Gasteiger partial charge is 0.341 e. The van der Waals surface area contributed by atoms with Gasteiger partial charge in [-0.25, -0.2) is 9.18 Å². The highest BCUT2D eigenvalue weighted by molar-refractivity contribution is 6.36. The van der Waals surface area contributed by atoms with E-state index < -0.39 is 22.8 Å². The van der Waals surface area contributed by atoms with Gasteiger partial charge in [-0.3, -0.25) is 4.79 Å². The molecule has 0 bridgehead atoms. The van der Waals surface area contributed by atoms with Gasteiger partial charge in [-0.15, -0.1) is 0 Å². The molecule has 3 N–H and O–H groups in total. The average Bonchev–Trinajstić information content (AvgIpc) is 3.32. The lowest BCUT2D eigenvalue weighted by Crippen LogP contribution is -2.19. The Labute approximate surface area is 135 Å². The number of aromatic carboxylic acids is 1. The van der Waals surface area contributed by atoms with E-state index >= 15 is 0 Å². The molecule has 1 fully saturated rings. The van der Waals surface area contributed by atoms with Gasteiger partial charge in [0.25, 0.3) is 0 Å². The van der Waals surface area contributed by atoms with Crippen LogP contribution in [0.15, 0.2) is 17.1 Å². The minimum absolute atomic E-state index is 0.00175. The maximum Gasteiger partial charge on any atom is 0.341 e. The number of carboxylic acid groups (broad SMARTS) is 1. The minimum atomic E-state index is -1.35. The Balaban J connectivity index is 2.45. The summed E-state index contributed by atoms with van der Waals surface area (Å²) >= 11 is 6.27. The summed E-state index contributed by atoms with van der Waals surface area (Å²) in [5, 5.41) is 9.13. The van der Waals surface area contributed by atoms with Gasteiger partial charge < -0.3 is 15.4 Å². The lowest BCUT2D eigenvalue weighted by Gasteiger charge is -2.14. The minimum Gasteiger partial charge on any atom is -0.477 e. The lowest BCUT2D eigenvalue weighted by atomic mass is 10.1. The number of nitrogens with zero attached hydrogens (tertiary/aromatic N) is 1. The molecule has 3 rings (SSSR count). The zero-order chi connectivity index (χ0) is 16.7. The van der Waals surface area contributed by atoms with E-state index in [1.807, 2.05) is 0 Å². The molecule has 1 aliphatic carbocycles. The van der Waals surface area contributed by atoms with Crippen LogP contribution in [0.3, 0.4) is 0 Å². The van der Waals surface area contributed by atoms with Crippen molar-refractivity contribution in [2.75, 3.05) is 6.54 Å². The predicted octanol–water partition coefficient (Wildman–Crippen LogP) is 2.14. The number of hydrogen-bond acceptors (Lipinski definition) is 3. The second kappa shape index (κ2) is 5.69. The molecule has 7 heteroatoms. The molecule has 0 spiro atoms. The number of carbonyl (C=O) groups is 1. The van der Waals surface area contributed by atoms with Crippen LogP contribution >= 0.6 is 11.6 Å². The second-order valence-electron chi connectivity index (χ2n) is 5.26. The number of fused-ring (bicyclic) bond motifs is 1. The first-order chi connectivity index (χ1) is 11.0. The summed E-state index contributed by atoms with van der Waals surface area (Å²) in [5.41, 5.74) is 4.40. The van der Waals surface area contributed by atoms with E-state index in [1.54, 1.807) is 4.57 Å². The fourth-order valence-corrected chi connectivity index (χ4v) is 2.83. The van der Waals surface area contributed by atoms with Crippen molar-refractivity contribution >= 4 is 28.5 Å². The molecule has 23 heavy (non-hydrogen) atoms. The highest BCUT2D eigenvalue weighted by atomic mass is 35.5. The summed E-state index contributed by atoms with van der Waals surface area (Å²) in [6.07, 6.45) is 2.96. The summed E-state index contributed by atoms with van der Waals surface area (Å²) in [6.45, 7) is 0.0428. The van der Waals surface area contributed by atoms with Crippen molar-refractivity contribution in [3.8, 4) is 11.8 Å². The van der Waals surface area contributed by atoms with Gasteiger partial charge in [-0.2, -0.15) is 0 Å². The van der Waals surface area contributed by atoms with Crippen molar-refractivity contribution in [2.45, 2.75) is 18.9 Å². The van der Waals surface area contributed by atoms with Crippen LogP contribution in [0, 0.1) is 17.7 Å². The van der Waals surface area contributed by atoms with Crippen molar-refractivity contribution in [1.29, 1.82) is 0 Å². The second-order valence-corrected chi connectivity index (χ2v) is 5.64. The monoisotopic (exact) mass is 334 g/mol. The summed E-state index contributed by atoms with van der Waals surface area (Å²) < 4.78 is 15.9. The first kappa shape index (κ1) is 15.5. The van der Waals surface area contributed by atoms with E-state index in [-0.39, 0.29) is 28.6 Å². The molecule has 118 valence electrons. The molecule has 1 aliphatic rings. The maximum atomic E-state index is 14.2. The van der Waals surface area contributed by atoms with Crippen LogP contribution in [0.1, 0.15) is 34.8 Å². The standard InChI is InChI=1S/C16H12ClFN2O3/c17-13-9(2-1-5-19)12(18)6-10-14(13)20(8-3-4-8)7-11(15(10)21)16(22)23/h6-8H,3-5,19H2,(H,22,23). The molecule has 0 unspecified atom stereocenters. The third kappa shape index (κ3) is 2.58. The van der Waals surface area contributed by atoms with Crippen molar-refractivity contribution in [1.82, 2.24) is 4.57 Å². The molecular weight excluding hydrogens is 323 g/mol. The number of hydrogen-bond donors (Lipinski definition) is 2. The van der Waals surface area contributed by atoms with Crippen LogP contribution in [-0.4, -0.2) is 22.2 Å². The fraction of sp³-hybridized carbons (Fsp3) is 0.250. The highest BCUT2D eigenvalue weighted by Crippen LogP contribution is 2.39. The van der Waals surface area contributed by atoms with Crippen LogP contribution in [-0.2, 0) is 0 Å². The van der Waals surface area contributed by atoms with Crippen molar-refractivity contribution in [2.24, 2.45) is 5.73 Å². The molecule has 1 aromatic carbocycles. The molecule has 2 aromatic rings. The van der Waals surface area contributed by atoms with Crippen LogP contribution in [0.25, 0.3) is 10.9 Å². The van der Waals surface area contributed by atoms with E-state index in [9.17, 15) is 19.1 Å². The summed E-state index contributed by atoms with van der Waals surface area (Å²) in [7, 11) is 0. The zero-order valence-electron chi connectivity index (χ0n) is 11.9. The summed E-state index contributed by atoms with van der Waals surface area (Å²) in [4.78, 5) is 23.6. The number of pyridine rings is 1. The Hall–Kier alpha value is -2.36. The first-order valence-electron chi connectivity index (χ1n) is 6.94. The number of aromatic nitrogens is 1. The third-order valence-electron chi connectivity index (χ3n) is 3.69. The molecule has 0 amide bonds. The zero-order valence-corrected chi connectivity index (χ0v) is 12.7. The predicted molar refractivity (Wildman–Crippen MR) is 84.3 cm³/mol. The number of rotatable bonds is 2. The Morgan fingerprint density at radius 3 is 2.78 bits per heavy atom. The van der Waals surface area contributed by atoms with Gasteiger partial charge in [-0.1, -0.05) is 23.4 Å². The molecule has 1 heterocycles. The Bertz CT molecular complexity index is 952.